The third kappa shape index (κ3) is 2.66. The monoisotopic (exact) mass is 327 g/mol. The van der Waals surface area contributed by atoms with Crippen molar-refractivity contribution in [3.05, 3.63) is 30.2 Å². The van der Waals surface area contributed by atoms with E-state index in [1.54, 1.807) is 7.11 Å². The van der Waals surface area contributed by atoms with E-state index in [0.717, 1.165) is 50.0 Å². The number of methoxy groups -OCH3 is 1. The van der Waals surface area contributed by atoms with E-state index in [2.05, 4.69) is 10.1 Å². The maximum absolute atomic E-state index is 12.6. The third-order valence-electron chi connectivity index (χ3n) is 5.05. The summed E-state index contributed by atoms with van der Waals surface area (Å²) in [6.45, 7) is 0.789. The molecule has 2 aromatic rings. The van der Waals surface area contributed by atoms with Crippen molar-refractivity contribution in [3.8, 4) is 17.1 Å². The van der Waals surface area contributed by atoms with Crippen LogP contribution in [0, 0.1) is 5.92 Å². The molecular weight excluding hydrogens is 306 g/mol. The number of ether oxygens (including phenoxy) is 1. The fourth-order valence-electron chi connectivity index (χ4n) is 3.43. The predicted octanol–water partition coefficient (Wildman–Crippen LogP) is 3.21. The first-order valence-electron chi connectivity index (χ1n) is 8.55. The largest absolute Gasteiger partial charge is 0.497 e. The summed E-state index contributed by atoms with van der Waals surface area (Å²) in [5, 5.41) is 4.10. The number of nitrogens with zero attached hydrogens (tertiary/aromatic N) is 3. The second-order valence-corrected chi connectivity index (χ2v) is 6.51. The Bertz CT molecular complexity index is 739. The van der Waals surface area contributed by atoms with Crippen LogP contribution >= 0.6 is 0 Å². The lowest BCUT2D eigenvalue weighted by molar-refractivity contribution is -0.139. The molecule has 0 radical (unpaired) electrons. The molecule has 1 saturated carbocycles. The maximum atomic E-state index is 12.6. The van der Waals surface area contributed by atoms with Gasteiger partial charge in [-0.1, -0.05) is 23.7 Å². The number of amides is 1. The normalized spacial score (nSPS) is 20.9. The highest BCUT2D eigenvalue weighted by atomic mass is 16.5. The summed E-state index contributed by atoms with van der Waals surface area (Å²) < 4.78 is 10.7. The van der Waals surface area contributed by atoms with E-state index < -0.39 is 0 Å². The second kappa shape index (κ2) is 6.26. The molecule has 2 fully saturated rings. The Morgan fingerprint density at radius 3 is 2.92 bits per heavy atom. The number of carbonyl (C=O) groups is 1. The molecule has 1 aliphatic carbocycles. The van der Waals surface area contributed by atoms with Gasteiger partial charge in [0.2, 0.25) is 17.6 Å². The van der Waals surface area contributed by atoms with Crippen molar-refractivity contribution in [3.63, 3.8) is 0 Å². The van der Waals surface area contributed by atoms with E-state index in [9.17, 15) is 4.79 Å². The summed E-state index contributed by atoms with van der Waals surface area (Å²) in [6, 6.07) is 7.49. The topological polar surface area (TPSA) is 68.5 Å². The van der Waals surface area contributed by atoms with Crippen LogP contribution < -0.4 is 4.74 Å². The van der Waals surface area contributed by atoms with Gasteiger partial charge >= 0.3 is 0 Å². The molecule has 1 aromatic carbocycles. The van der Waals surface area contributed by atoms with Gasteiger partial charge in [-0.05, 0) is 37.8 Å². The molecule has 1 aromatic heterocycles. The summed E-state index contributed by atoms with van der Waals surface area (Å²) in [5.74, 6) is 2.28. The van der Waals surface area contributed by atoms with Crippen LogP contribution in [0.4, 0.5) is 0 Å². The Hall–Kier alpha value is -2.37. The molecule has 1 amide bonds. The SMILES string of the molecule is COc1cccc(-c2noc([C@@H]3CCCN3C(=O)C3CCC3)n2)c1. The smallest absolute Gasteiger partial charge is 0.249 e. The van der Waals surface area contributed by atoms with E-state index >= 15 is 0 Å². The lowest BCUT2D eigenvalue weighted by atomic mass is 9.84. The van der Waals surface area contributed by atoms with Crippen molar-refractivity contribution in [2.75, 3.05) is 13.7 Å². The van der Waals surface area contributed by atoms with Crippen LogP contribution in [0.2, 0.25) is 0 Å². The molecule has 1 saturated heterocycles. The van der Waals surface area contributed by atoms with Gasteiger partial charge in [0.1, 0.15) is 11.8 Å². The van der Waals surface area contributed by atoms with Crippen LogP contribution in [-0.2, 0) is 4.79 Å². The zero-order chi connectivity index (χ0) is 16.5. The minimum atomic E-state index is -0.0787. The van der Waals surface area contributed by atoms with Crippen molar-refractivity contribution in [1.29, 1.82) is 0 Å². The van der Waals surface area contributed by atoms with E-state index in [4.69, 9.17) is 9.26 Å². The van der Waals surface area contributed by atoms with Crippen molar-refractivity contribution in [2.24, 2.45) is 5.92 Å². The lowest BCUT2D eigenvalue weighted by Gasteiger charge is -2.31. The number of rotatable bonds is 4. The zero-order valence-corrected chi connectivity index (χ0v) is 13.8. The molecule has 0 unspecified atom stereocenters. The maximum Gasteiger partial charge on any atom is 0.249 e. The van der Waals surface area contributed by atoms with Gasteiger partial charge in [0.15, 0.2) is 0 Å². The van der Waals surface area contributed by atoms with Crippen LogP contribution in [-0.4, -0.2) is 34.6 Å². The summed E-state index contributed by atoms with van der Waals surface area (Å²) in [7, 11) is 1.63. The van der Waals surface area contributed by atoms with Gasteiger partial charge in [0.25, 0.3) is 0 Å². The van der Waals surface area contributed by atoms with Gasteiger partial charge in [-0.3, -0.25) is 4.79 Å². The van der Waals surface area contributed by atoms with Crippen LogP contribution in [0.1, 0.15) is 44.0 Å². The Morgan fingerprint density at radius 2 is 2.17 bits per heavy atom. The Labute approximate surface area is 140 Å². The number of carbonyl (C=O) groups excluding carboxylic acids is 1. The minimum absolute atomic E-state index is 0.0787. The molecule has 6 nitrogen and oxygen atoms in total. The van der Waals surface area contributed by atoms with Gasteiger partial charge in [0.05, 0.1) is 7.11 Å². The molecule has 4 rings (SSSR count). The van der Waals surface area contributed by atoms with Crippen LogP contribution in [0.5, 0.6) is 5.75 Å². The molecule has 0 bridgehead atoms. The van der Waals surface area contributed by atoms with Gasteiger partial charge < -0.3 is 14.2 Å². The molecule has 0 spiro atoms. The average molecular weight is 327 g/mol. The molecule has 2 aliphatic rings. The standard InChI is InChI=1S/C18H21N3O3/c1-23-14-8-3-7-13(11-14)16-19-17(24-20-16)15-9-4-10-21(15)18(22)12-5-2-6-12/h3,7-8,11-12,15H,2,4-6,9-10H2,1H3/t15-/m0/s1. The molecule has 24 heavy (non-hydrogen) atoms. The summed E-state index contributed by atoms with van der Waals surface area (Å²) >= 11 is 0. The Morgan fingerprint density at radius 1 is 1.29 bits per heavy atom. The number of likely N-dealkylation sites (tertiary alicyclic amines) is 1. The molecule has 126 valence electrons. The summed E-state index contributed by atoms with van der Waals surface area (Å²) in [6.07, 6.45) is 5.07. The average Bonchev–Trinajstić information content (AvgIpc) is 3.22. The highest BCUT2D eigenvalue weighted by Gasteiger charge is 2.38. The van der Waals surface area contributed by atoms with Crippen molar-refractivity contribution >= 4 is 5.91 Å². The third-order valence-corrected chi connectivity index (χ3v) is 5.05. The van der Waals surface area contributed by atoms with E-state index in [-0.39, 0.29) is 17.9 Å². The molecule has 6 heteroatoms. The van der Waals surface area contributed by atoms with Gasteiger partial charge in [-0.2, -0.15) is 4.98 Å². The number of aromatic nitrogens is 2. The quantitative estimate of drug-likeness (QED) is 0.862. The first-order chi connectivity index (χ1) is 11.8. The molecule has 2 heterocycles. The van der Waals surface area contributed by atoms with Gasteiger partial charge in [-0.25, -0.2) is 0 Å². The van der Waals surface area contributed by atoms with E-state index in [0.29, 0.717) is 11.7 Å². The highest BCUT2D eigenvalue weighted by molar-refractivity contribution is 5.80. The number of hydrogen-bond donors (Lipinski definition) is 0. The van der Waals surface area contributed by atoms with E-state index in [1.165, 1.54) is 0 Å². The molecule has 1 atom stereocenters. The van der Waals surface area contributed by atoms with Crippen LogP contribution in [0.25, 0.3) is 11.4 Å². The van der Waals surface area contributed by atoms with Crippen molar-refractivity contribution < 1.29 is 14.1 Å². The zero-order valence-electron chi connectivity index (χ0n) is 13.8. The highest BCUT2D eigenvalue weighted by Crippen LogP contribution is 2.37. The lowest BCUT2D eigenvalue weighted by Crippen LogP contribution is -2.38. The van der Waals surface area contributed by atoms with Gasteiger partial charge in [-0.15, -0.1) is 0 Å². The first-order valence-corrected chi connectivity index (χ1v) is 8.55. The Balaban J connectivity index is 1.56. The Kier molecular flexibility index (Phi) is 3.96. The fourth-order valence-corrected chi connectivity index (χ4v) is 3.43. The van der Waals surface area contributed by atoms with Crippen LogP contribution in [0.3, 0.4) is 0 Å². The summed E-state index contributed by atoms with van der Waals surface area (Å²) in [4.78, 5) is 19.1. The summed E-state index contributed by atoms with van der Waals surface area (Å²) in [5.41, 5.74) is 0.846. The van der Waals surface area contributed by atoms with E-state index in [1.807, 2.05) is 29.2 Å². The number of benzene rings is 1. The van der Waals surface area contributed by atoms with Crippen molar-refractivity contribution in [1.82, 2.24) is 15.0 Å². The minimum Gasteiger partial charge on any atom is -0.497 e. The van der Waals surface area contributed by atoms with Gasteiger partial charge in [0, 0.05) is 18.0 Å². The van der Waals surface area contributed by atoms with Crippen LogP contribution in [0.15, 0.2) is 28.8 Å². The molecule has 1 aliphatic heterocycles. The molecular formula is C18H21N3O3. The first kappa shape index (κ1) is 15.2. The molecule has 0 N–H and O–H groups in total. The second-order valence-electron chi connectivity index (χ2n) is 6.51. The van der Waals surface area contributed by atoms with Crippen molar-refractivity contribution in [2.45, 2.75) is 38.1 Å². The predicted molar refractivity (Wildman–Crippen MR) is 87.3 cm³/mol. The number of hydrogen-bond acceptors (Lipinski definition) is 5. The fraction of sp³-hybridized carbons (Fsp3) is 0.500.